The van der Waals surface area contributed by atoms with E-state index in [1.165, 1.54) is 6.92 Å². The summed E-state index contributed by atoms with van der Waals surface area (Å²) in [5, 5.41) is 9.14. The molecule has 0 radical (unpaired) electrons. The molecular weight excluding hydrogens is 181 g/mol. The first kappa shape index (κ1) is 9.89. The van der Waals surface area contributed by atoms with Crippen LogP contribution in [0, 0.1) is 13.8 Å². The molecule has 0 aliphatic rings. The number of aryl methyl sites for hydroxylation is 1. The van der Waals surface area contributed by atoms with E-state index in [0.29, 0.717) is 11.1 Å². The summed E-state index contributed by atoms with van der Waals surface area (Å²) in [5.74, 6) is -0.313. The lowest BCUT2D eigenvalue weighted by molar-refractivity contribution is -0.137. The standard InChI is InChI=1S/C9H9F3O/c1-5-3-7(9(10,11)12)4-8(13)6(5)2/h3-4,13H,1-2H3. The average Bonchev–Trinajstić information content (AvgIpc) is 1.97. The van der Waals surface area contributed by atoms with Crippen molar-refractivity contribution >= 4 is 0 Å². The molecule has 0 amide bonds. The molecule has 1 aromatic carbocycles. The smallest absolute Gasteiger partial charge is 0.416 e. The first-order valence-corrected chi connectivity index (χ1v) is 3.70. The van der Waals surface area contributed by atoms with Gasteiger partial charge in [0.15, 0.2) is 0 Å². The van der Waals surface area contributed by atoms with Crippen molar-refractivity contribution in [2.45, 2.75) is 20.0 Å². The third kappa shape index (κ3) is 1.94. The molecule has 0 atom stereocenters. The maximum Gasteiger partial charge on any atom is 0.416 e. The van der Waals surface area contributed by atoms with Crippen molar-refractivity contribution in [2.75, 3.05) is 0 Å². The second kappa shape index (κ2) is 2.94. The number of alkyl halides is 3. The molecule has 1 N–H and O–H groups in total. The molecular formula is C9H9F3O. The molecule has 0 heterocycles. The molecule has 0 unspecified atom stereocenters. The van der Waals surface area contributed by atoms with Crippen LogP contribution in [0.3, 0.4) is 0 Å². The van der Waals surface area contributed by atoms with Crippen molar-refractivity contribution in [1.29, 1.82) is 0 Å². The predicted octanol–water partition coefficient (Wildman–Crippen LogP) is 3.03. The number of phenolic OH excluding ortho intramolecular Hbond substituents is 1. The van der Waals surface area contributed by atoms with Gasteiger partial charge >= 0.3 is 6.18 Å². The van der Waals surface area contributed by atoms with Crippen LogP contribution in [0.15, 0.2) is 12.1 Å². The Bertz CT molecular complexity index is 305. The molecule has 0 aromatic heterocycles. The monoisotopic (exact) mass is 190 g/mol. The maximum absolute atomic E-state index is 12.2. The van der Waals surface area contributed by atoms with E-state index in [9.17, 15) is 13.2 Å². The molecule has 1 rings (SSSR count). The van der Waals surface area contributed by atoms with Crippen molar-refractivity contribution < 1.29 is 18.3 Å². The fourth-order valence-corrected chi connectivity index (χ4v) is 1.00. The van der Waals surface area contributed by atoms with Crippen LogP contribution < -0.4 is 0 Å². The van der Waals surface area contributed by atoms with Gasteiger partial charge in [-0.15, -0.1) is 0 Å². The van der Waals surface area contributed by atoms with Crippen molar-refractivity contribution in [3.05, 3.63) is 28.8 Å². The number of hydrogen-bond acceptors (Lipinski definition) is 1. The second-order valence-corrected chi connectivity index (χ2v) is 2.94. The van der Waals surface area contributed by atoms with Crippen LogP contribution in [0.1, 0.15) is 16.7 Å². The predicted molar refractivity (Wildman–Crippen MR) is 42.6 cm³/mol. The van der Waals surface area contributed by atoms with Gasteiger partial charge in [-0.3, -0.25) is 0 Å². The Hall–Kier alpha value is -1.19. The van der Waals surface area contributed by atoms with E-state index in [1.54, 1.807) is 6.92 Å². The second-order valence-electron chi connectivity index (χ2n) is 2.94. The molecule has 13 heavy (non-hydrogen) atoms. The number of rotatable bonds is 0. The number of halogens is 3. The third-order valence-electron chi connectivity index (χ3n) is 1.97. The fourth-order valence-electron chi connectivity index (χ4n) is 1.00. The number of hydrogen-bond donors (Lipinski definition) is 1. The van der Waals surface area contributed by atoms with Crippen LogP contribution in [0.25, 0.3) is 0 Å². The van der Waals surface area contributed by atoms with Crippen LogP contribution in [-0.2, 0) is 6.18 Å². The van der Waals surface area contributed by atoms with Crippen LogP contribution in [0.2, 0.25) is 0 Å². The Morgan fingerprint density at radius 1 is 1.15 bits per heavy atom. The zero-order chi connectivity index (χ0) is 10.2. The highest BCUT2D eigenvalue weighted by Crippen LogP contribution is 2.33. The van der Waals surface area contributed by atoms with E-state index in [-0.39, 0.29) is 5.75 Å². The molecule has 0 spiro atoms. The van der Waals surface area contributed by atoms with Gasteiger partial charge < -0.3 is 5.11 Å². The van der Waals surface area contributed by atoms with E-state index in [0.717, 1.165) is 12.1 Å². The van der Waals surface area contributed by atoms with Gasteiger partial charge in [0.25, 0.3) is 0 Å². The summed E-state index contributed by atoms with van der Waals surface area (Å²) in [5.41, 5.74) is 0.105. The Labute approximate surface area is 73.8 Å². The fraction of sp³-hybridized carbons (Fsp3) is 0.333. The Kier molecular flexibility index (Phi) is 2.24. The van der Waals surface area contributed by atoms with Crippen LogP contribution in [0.5, 0.6) is 5.75 Å². The van der Waals surface area contributed by atoms with Gasteiger partial charge in [-0.1, -0.05) is 0 Å². The van der Waals surface area contributed by atoms with Crippen molar-refractivity contribution in [1.82, 2.24) is 0 Å². The maximum atomic E-state index is 12.2. The zero-order valence-electron chi connectivity index (χ0n) is 7.24. The van der Waals surface area contributed by atoms with Gasteiger partial charge in [0.2, 0.25) is 0 Å². The highest BCUT2D eigenvalue weighted by molar-refractivity contribution is 5.42. The molecule has 0 aliphatic carbocycles. The number of benzene rings is 1. The van der Waals surface area contributed by atoms with Gasteiger partial charge in [-0.2, -0.15) is 13.2 Å². The highest BCUT2D eigenvalue weighted by atomic mass is 19.4. The first-order chi connectivity index (χ1) is 5.82. The van der Waals surface area contributed by atoms with E-state index in [1.807, 2.05) is 0 Å². The van der Waals surface area contributed by atoms with E-state index >= 15 is 0 Å². The lowest BCUT2D eigenvalue weighted by Gasteiger charge is -2.10. The summed E-state index contributed by atoms with van der Waals surface area (Å²) in [6.07, 6.45) is -4.39. The molecule has 0 aliphatic heterocycles. The normalized spacial score (nSPS) is 11.8. The minimum Gasteiger partial charge on any atom is -0.508 e. The molecule has 72 valence electrons. The quantitative estimate of drug-likeness (QED) is 0.666. The summed E-state index contributed by atoms with van der Waals surface area (Å²) < 4.78 is 36.5. The number of phenols is 1. The molecule has 1 aromatic rings. The average molecular weight is 190 g/mol. The van der Waals surface area contributed by atoms with Crippen molar-refractivity contribution in [2.24, 2.45) is 0 Å². The largest absolute Gasteiger partial charge is 0.508 e. The molecule has 0 fully saturated rings. The minimum absolute atomic E-state index is 0.313. The third-order valence-corrected chi connectivity index (χ3v) is 1.97. The van der Waals surface area contributed by atoms with Crippen LogP contribution in [-0.4, -0.2) is 5.11 Å². The topological polar surface area (TPSA) is 20.2 Å². The van der Waals surface area contributed by atoms with E-state index < -0.39 is 11.7 Å². The Morgan fingerprint density at radius 3 is 2.08 bits per heavy atom. The molecule has 1 nitrogen and oxygen atoms in total. The first-order valence-electron chi connectivity index (χ1n) is 3.70. The zero-order valence-corrected chi connectivity index (χ0v) is 7.24. The summed E-state index contributed by atoms with van der Waals surface area (Å²) in [6.45, 7) is 3.11. The SMILES string of the molecule is Cc1cc(C(F)(F)F)cc(O)c1C. The van der Waals surface area contributed by atoms with Crippen LogP contribution in [0.4, 0.5) is 13.2 Å². The van der Waals surface area contributed by atoms with Gasteiger partial charge in [0.05, 0.1) is 5.56 Å². The van der Waals surface area contributed by atoms with Gasteiger partial charge in [-0.05, 0) is 37.1 Å². The minimum atomic E-state index is -4.39. The molecule has 4 heteroatoms. The highest BCUT2D eigenvalue weighted by Gasteiger charge is 2.31. The Morgan fingerprint density at radius 2 is 1.69 bits per heavy atom. The van der Waals surface area contributed by atoms with Gasteiger partial charge in [0.1, 0.15) is 5.75 Å². The summed E-state index contributed by atoms with van der Waals surface area (Å²) >= 11 is 0. The van der Waals surface area contributed by atoms with Crippen molar-refractivity contribution in [3.8, 4) is 5.75 Å². The summed E-state index contributed by atoms with van der Waals surface area (Å²) in [4.78, 5) is 0. The van der Waals surface area contributed by atoms with Crippen molar-refractivity contribution in [3.63, 3.8) is 0 Å². The lowest BCUT2D eigenvalue weighted by Crippen LogP contribution is -2.05. The molecule has 0 bridgehead atoms. The molecule has 0 saturated carbocycles. The van der Waals surface area contributed by atoms with E-state index in [4.69, 9.17) is 5.11 Å². The van der Waals surface area contributed by atoms with Gasteiger partial charge in [-0.25, -0.2) is 0 Å². The number of aromatic hydroxyl groups is 1. The van der Waals surface area contributed by atoms with Gasteiger partial charge in [0, 0.05) is 0 Å². The summed E-state index contributed by atoms with van der Waals surface area (Å²) in [7, 11) is 0. The lowest BCUT2D eigenvalue weighted by atomic mass is 10.0. The van der Waals surface area contributed by atoms with Crippen LogP contribution >= 0.6 is 0 Å². The van der Waals surface area contributed by atoms with E-state index in [2.05, 4.69) is 0 Å². The Balaban J connectivity index is 3.29. The molecule has 0 saturated heterocycles. The summed E-state index contributed by atoms with van der Waals surface area (Å²) in [6, 6.07) is 1.76.